The molecule has 0 atom stereocenters. The largest absolute Gasteiger partial charge is 0.269 e. The molecule has 0 aliphatic rings. The van der Waals surface area contributed by atoms with Gasteiger partial charge in [0.15, 0.2) is 0 Å². The van der Waals surface area contributed by atoms with Gasteiger partial charge in [-0.25, -0.2) is 9.97 Å². The Bertz CT molecular complexity index is 1150. The number of aromatic nitrogens is 3. The van der Waals surface area contributed by atoms with E-state index >= 15 is 0 Å². The molecule has 0 saturated carbocycles. The Labute approximate surface area is 149 Å². The zero-order valence-corrected chi connectivity index (χ0v) is 14.9. The average molecular weight is 347 g/mol. The van der Waals surface area contributed by atoms with Crippen molar-refractivity contribution in [3.05, 3.63) is 81.9 Å². The van der Waals surface area contributed by atoms with Crippen LogP contribution in [0.15, 0.2) is 64.5 Å². The van der Waals surface area contributed by atoms with Crippen LogP contribution < -0.4 is 5.56 Å². The van der Waals surface area contributed by atoms with E-state index < -0.39 is 0 Å². The molecule has 0 aliphatic heterocycles. The van der Waals surface area contributed by atoms with E-state index in [9.17, 15) is 4.79 Å². The maximum atomic E-state index is 12.3. The minimum Gasteiger partial charge on any atom is -0.269 e. The summed E-state index contributed by atoms with van der Waals surface area (Å²) in [6, 6.07) is 15.7. The van der Waals surface area contributed by atoms with Crippen LogP contribution in [0.3, 0.4) is 0 Å². The minimum absolute atomic E-state index is 0.0491. The summed E-state index contributed by atoms with van der Waals surface area (Å²) in [6.45, 7) is 4.06. The standard InChI is InChI=1S/C20H17N3OS/c1-13-6-5-9-23-19(24)11-15(21-20(13)23)12-25-18-10-14(2)16-7-3-4-8-17(16)22-18/h3-11H,12H2,1-2H3. The molecule has 5 heteroatoms. The normalized spacial score (nSPS) is 11.3. The molecule has 124 valence electrons. The number of benzene rings is 1. The van der Waals surface area contributed by atoms with Crippen molar-refractivity contribution in [3.8, 4) is 0 Å². The van der Waals surface area contributed by atoms with Crippen LogP contribution in [0.5, 0.6) is 0 Å². The molecule has 3 heterocycles. The molecule has 1 aromatic carbocycles. The van der Waals surface area contributed by atoms with Gasteiger partial charge in [0.1, 0.15) is 5.65 Å². The lowest BCUT2D eigenvalue weighted by Gasteiger charge is -2.07. The number of hydrogen-bond donors (Lipinski definition) is 0. The van der Waals surface area contributed by atoms with Crippen LogP contribution in [0.2, 0.25) is 0 Å². The van der Waals surface area contributed by atoms with E-state index in [1.807, 2.05) is 37.3 Å². The van der Waals surface area contributed by atoms with Gasteiger partial charge in [0.25, 0.3) is 5.56 Å². The molecule has 0 bridgehead atoms. The van der Waals surface area contributed by atoms with E-state index in [0.717, 1.165) is 21.8 Å². The Kier molecular flexibility index (Phi) is 4.01. The summed E-state index contributed by atoms with van der Waals surface area (Å²) >= 11 is 1.60. The van der Waals surface area contributed by atoms with E-state index in [2.05, 4.69) is 24.0 Å². The quantitative estimate of drug-likeness (QED) is 0.522. The Morgan fingerprint density at radius 3 is 2.72 bits per heavy atom. The second-order valence-corrected chi connectivity index (χ2v) is 7.05. The van der Waals surface area contributed by atoms with Gasteiger partial charge in [-0.1, -0.05) is 36.0 Å². The van der Waals surface area contributed by atoms with Crippen molar-refractivity contribution in [2.24, 2.45) is 0 Å². The van der Waals surface area contributed by atoms with Crippen molar-refractivity contribution >= 4 is 28.3 Å². The molecule has 3 aromatic heterocycles. The number of pyridine rings is 2. The third-order valence-electron chi connectivity index (χ3n) is 4.21. The molecule has 0 radical (unpaired) electrons. The molecule has 0 spiro atoms. The third kappa shape index (κ3) is 3.03. The molecule has 4 rings (SSSR count). The minimum atomic E-state index is -0.0491. The van der Waals surface area contributed by atoms with Crippen LogP contribution in [-0.4, -0.2) is 14.4 Å². The lowest BCUT2D eigenvalue weighted by atomic mass is 10.1. The maximum Gasteiger partial charge on any atom is 0.258 e. The van der Waals surface area contributed by atoms with Gasteiger partial charge >= 0.3 is 0 Å². The van der Waals surface area contributed by atoms with Gasteiger partial charge in [-0.3, -0.25) is 9.20 Å². The van der Waals surface area contributed by atoms with Crippen LogP contribution in [-0.2, 0) is 5.75 Å². The zero-order chi connectivity index (χ0) is 17.4. The first-order chi connectivity index (χ1) is 12.1. The second-order valence-electron chi connectivity index (χ2n) is 6.05. The Hall–Kier alpha value is -2.66. The van der Waals surface area contributed by atoms with Crippen LogP contribution >= 0.6 is 11.8 Å². The topological polar surface area (TPSA) is 47.3 Å². The maximum absolute atomic E-state index is 12.3. The summed E-state index contributed by atoms with van der Waals surface area (Å²) in [7, 11) is 0. The van der Waals surface area contributed by atoms with Gasteiger partial charge in [-0.05, 0) is 43.2 Å². The zero-order valence-electron chi connectivity index (χ0n) is 14.1. The smallest absolute Gasteiger partial charge is 0.258 e. The van der Waals surface area contributed by atoms with Crippen molar-refractivity contribution in [1.82, 2.24) is 14.4 Å². The summed E-state index contributed by atoms with van der Waals surface area (Å²) in [5.41, 5.74) is 4.63. The molecule has 0 unspecified atom stereocenters. The Balaban J connectivity index is 1.66. The highest BCUT2D eigenvalue weighted by Gasteiger charge is 2.07. The van der Waals surface area contributed by atoms with Crippen molar-refractivity contribution < 1.29 is 0 Å². The first kappa shape index (κ1) is 15.8. The fourth-order valence-corrected chi connectivity index (χ4v) is 3.79. The fraction of sp³-hybridized carbons (Fsp3) is 0.150. The predicted molar refractivity (Wildman–Crippen MR) is 102 cm³/mol. The van der Waals surface area contributed by atoms with Gasteiger partial charge < -0.3 is 0 Å². The van der Waals surface area contributed by atoms with Crippen molar-refractivity contribution in [2.75, 3.05) is 0 Å². The highest BCUT2D eigenvalue weighted by Crippen LogP contribution is 2.25. The Morgan fingerprint density at radius 1 is 1.00 bits per heavy atom. The van der Waals surface area contributed by atoms with Crippen molar-refractivity contribution in [3.63, 3.8) is 0 Å². The van der Waals surface area contributed by atoms with Gasteiger partial charge in [-0.2, -0.15) is 0 Å². The number of rotatable bonds is 3. The van der Waals surface area contributed by atoms with Crippen LogP contribution in [0, 0.1) is 13.8 Å². The van der Waals surface area contributed by atoms with E-state index in [4.69, 9.17) is 4.98 Å². The van der Waals surface area contributed by atoms with E-state index in [1.165, 1.54) is 10.9 Å². The highest BCUT2D eigenvalue weighted by molar-refractivity contribution is 7.98. The first-order valence-electron chi connectivity index (χ1n) is 8.09. The van der Waals surface area contributed by atoms with Gasteiger partial charge in [0, 0.05) is 23.4 Å². The van der Waals surface area contributed by atoms with Crippen LogP contribution in [0.1, 0.15) is 16.8 Å². The predicted octanol–water partition coefficient (Wildman–Crippen LogP) is 4.15. The third-order valence-corrected chi connectivity index (χ3v) is 5.15. The average Bonchev–Trinajstić information content (AvgIpc) is 2.61. The SMILES string of the molecule is Cc1cc(SCc2cc(=O)n3cccc(C)c3n2)nc2ccccc12. The first-order valence-corrected chi connectivity index (χ1v) is 9.07. The van der Waals surface area contributed by atoms with Gasteiger partial charge in [-0.15, -0.1) is 0 Å². The number of nitrogens with zero attached hydrogens (tertiary/aromatic N) is 3. The molecule has 4 aromatic rings. The molecule has 0 N–H and O–H groups in total. The molecule has 0 fully saturated rings. The molecule has 0 saturated heterocycles. The summed E-state index contributed by atoms with van der Waals surface area (Å²) in [5, 5.41) is 2.12. The van der Waals surface area contributed by atoms with Gasteiger partial charge in [0.2, 0.25) is 0 Å². The summed E-state index contributed by atoms with van der Waals surface area (Å²) < 4.78 is 1.59. The summed E-state index contributed by atoms with van der Waals surface area (Å²) in [6.07, 6.45) is 1.75. The van der Waals surface area contributed by atoms with E-state index in [-0.39, 0.29) is 5.56 Å². The Morgan fingerprint density at radius 2 is 1.84 bits per heavy atom. The van der Waals surface area contributed by atoms with E-state index in [1.54, 1.807) is 28.4 Å². The molecule has 0 aliphatic carbocycles. The van der Waals surface area contributed by atoms with Crippen LogP contribution in [0.4, 0.5) is 0 Å². The molecule has 0 amide bonds. The molecular weight excluding hydrogens is 330 g/mol. The number of para-hydroxylation sites is 1. The van der Waals surface area contributed by atoms with Crippen LogP contribution in [0.25, 0.3) is 16.6 Å². The van der Waals surface area contributed by atoms with E-state index in [0.29, 0.717) is 11.4 Å². The molecular formula is C20H17N3OS. The number of aryl methyl sites for hydroxylation is 2. The molecule has 25 heavy (non-hydrogen) atoms. The fourth-order valence-electron chi connectivity index (χ4n) is 2.92. The lowest BCUT2D eigenvalue weighted by molar-refractivity contribution is 0.999. The van der Waals surface area contributed by atoms with Crippen molar-refractivity contribution in [2.45, 2.75) is 24.6 Å². The summed E-state index contributed by atoms with van der Waals surface area (Å²) in [5.74, 6) is 0.616. The molecule has 4 nitrogen and oxygen atoms in total. The highest BCUT2D eigenvalue weighted by atomic mass is 32.2. The summed E-state index contributed by atoms with van der Waals surface area (Å²) in [4.78, 5) is 21.6. The van der Waals surface area contributed by atoms with Gasteiger partial charge in [0.05, 0.1) is 16.2 Å². The van der Waals surface area contributed by atoms with Crippen molar-refractivity contribution in [1.29, 1.82) is 0 Å². The second kappa shape index (κ2) is 6.33. The number of fused-ring (bicyclic) bond motifs is 2. The number of hydrogen-bond acceptors (Lipinski definition) is 4. The number of thioether (sulfide) groups is 1. The monoisotopic (exact) mass is 347 g/mol. The lowest BCUT2D eigenvalue weighted by Crippen LogP contribution is -2.15.